The zero-order valence-corrected chi connectivity index (χ0v) is 16.6. The molecule has 0 amide bonds. The van der Waals surface area contributed by atoms with Crippen molar-refractivity contribution < 1.29 is 4.79 Å². The van der Waals surface area contributed by atoms with Gasteiger partial charge in [-0.05, 0) is 66.5 Å². The number of aromatic nitrogens is 2. The molecular weight excluding hydrogens is 404 g/mol. The first-order valence-corrected chi connectivity index (χ1v) is 9.59. The zero-order chi connectivity index (χ0) is 18.0. The smallest absolute Gasteiger partial charge is 0.166 e. The maximum atomic E-state index is 12.8. The topological polar surface area (TPSA) is 61.0 Å². The number of rotatable bonds is 5. The van der Waals surface area contributed by atoms with E-state index in [1.165, 1.54) is 0 Å². The second-order valence-corrected chi connectivity index (χ2v) is 7.86. The number of H-pyrrole nitrogens is 1. The number of carbonyl (C=O) groups is 1. The lowest BCUT2D eigenvalue weighted by Crippen LogP contribution is -2.52. The molecule has 3 unspecified atom stereocenters. The predicted molar refractivity (Wildman–Crippen MR) is 104 cm³/mol. The number of aromatic amines is 1. The van der Waals surface area contributed by atoms with E-state index in [1.807, 2.05) is 19.2 Å². The average Bonchev–Trinajstić information content (AvgIpc) is 3.06. The number of ketones is 1. The number of nitrogens with one attached hydrogen (secondary N) is 2. The second kappa shape index (κ2) is 7.89. The van der Waals surface area contributed by atoms with Crippen LogP contribution in [0.4, 0.5) is 5.82 Å². The molecule has 0 spiro atoms. The number of nitrogens with zero attached hydrogens (tertiary/aromatic N) is 2. The van der Waals surface area contributed by atoms with Gasteiger partial charge < -0.3 is 10.2 Å². The summed E-state index contributed by atoms with van der Waals surface area (Å²) in [6.45, 7) is 3.01. The molecule has 2 aromatic rings. The lowest BCUT2D eigenvalue weighted by Gasteiger charge is -2.38. The molecule has 1 saturated heterocycles. The molecule has 1 aromatic heterocycles. The summed E-state index contributed by atoms with van der Waals surface area (Å²) in [5, 5.41) is 11.3. The van der Waals surface area contributed by atoms with Gasteiger partial charge in [-0.25, -0.2) is 0 Å². The van der Waals surface area contributed by atoms with Crippen LogP contribution in [0.2, 0.25) is 5.02 Å². The minimum Gasteiger partial charge on any atom is -0.355 e. The SMILES string of the molecule is CC(C1CC(C(=O)c2ccc(Cl)cc2)CCN1)N(C)c1[nH]ncc1Br. The van der Waals surface area contributed by atoms with Crippen LogP contribution in [0, 0.1) is 5.92 Å². The summed E-state index contributed by atoms with van der Waals surface area (Å²) in [7, 11) is 2.04. The molecule has 3 rings (SSSR count). The molecule has 25 heavy (non-hydrogen) atoms. The Balaban J connectivity index is 1.69. The van der Waals surface area contributed by atoms with E-state index in [1.54, 1.807) is 18.3 Å². The maximum absolute atomic E-state index is 12.8. The molecule has 134 valence electrons. The summed E-state index contributed by atoms with van der Waals surface area (Å²) < 4.78 is 0.937. The molecule has 1 aliphatic rings. The molecule has 0 bridgehead atoms. The van der Waals surface area contributed by atoms with Gasteiger partial charge in [0.05, 0.1) is 10.7 Å². The van der Waals surface area contributed by atoms with Gasteiger partial charge in [-0.2, -0.15) is 5.10 Å². The summed E-state index contributed by atoms with van der Waals surface area (Å²) in [6.07, 6.45) is 3.43. The first-order valence-electron chi connectivity index (χ1n) is 8.42. The first kappa shape index (κ1) is 18.4. The maximum Gasteiger partial charge on any atom is 0.166 e. The monoisotopic (exact) mass is 424 g/mol. The summed E-state index contributed by atoms with van der Waals surface area (Å²) in [6, 6.07) is 7.64. The summed E-state index contributed by atoms with van der Waals surface area (Å²) in [5.74, 6) is 1.19. The summed E-state index contributed by atoms with van der Waals surface area (Å²) in [5.41, 5.74) is 0.743. The van der Waals surface area contributed by atoms with E-state index in [0.717, 1.165) is 35.2 Å². The van der Waals surface area contributed by atoms with E-state index in [4.69, 9.17) is 11.6 Å². The van der Waals surface area contributed by atoms with Crippen molar-refractivity contribution in [2.45, 2.75) is 31.8 Å². The molecule has 2 N–H and O–H groups in total. The number of Topliss-reactive ketones (excluding diaryl/α,β-unsaturated/α-hetero) is 1. The average molecular weight is 426 g/mol. The third kappa shape index (κ3) is 4.07. The molecule has 1 aliphatic heterocycles. The highest BCUT2D eigenvalue weighted by molar-refractivity contribution is 9.10. The number of likely N-dealkylation sites (N-methyl/N-ethyl adjacent to an activating group) is 1. The van der Waals surface area contributed by atoms with Gasteiger partial charge in [0.15, 0.2) is 5.78 Å². The number of halogens is 2. The number of benzene rings is 1. The van der Waals surface area contributed by atoms with Gasteiger partial charge in [0.25, 0.3) is 0 Å². The summed E-state index contributed by atoms with van der Waals surface area (Å²) in [4.78, 5) is 15.0. The molecule has 0 aliphatic carbocycles. The van der Waals surface area contributed by atoms with Crippen molar-refractivity contribution in [2.75, 3.05) is 18.5 Å². The first-order chi connectivity index (χ1) is 12.0. The molecule has 3 atom stereocenters. The Morgan fingerprint density at radius 1 is 1.40 bits per heavy atom. The van der Waals surface area contributed by atoms with Gasteiger partial charge in [-0.1, -0.05) is 11.6 Å². The number of hydrogen-bond acceptors (Lipinski definition) is 4. The third-order valence-electron chi connectivity index (χ3n) is 5.06. The molecule has 0 saturated carbocycles. The molecule has 1 fully saturated rings. The van der Waals surface area contributed by atoms with Crippen molar-refractivity contribution in [3.8, 4) is 0 Å². The van der Waals surface area contributed by atoms with Crippen molar-refractivity contribution in [3.63, 3.8) is 0 Å². The number of anilines is 1. The van der Waals surface area contributed by atoms with Crippen LogP contribution in [0.25, 0.3) is 0 Å². The summed E-state index contributed by atoms with van der Waals surface area (Å²) >= 11 is 9.43. The van der Waals surface area contributed by atoms with E-state index in [0.29, 0.717) is 5.02 Å². The van der Waals surface area contributed by atoms with E-state index in [-0.39, 0.29) is 23.8 Å². The van der Waals surface area contributed by atoms with Crippen molar-refractivity contribution >= 4 is 39.1 Å². The highest BCUT2D eigenvalue weighted by Gasteiger charge is 2.32. The lowest BCUT2D eigenvalue weighted by molar-refractivity contribution is 0.0873. The van der Waals surface area contributed by atoms with Crippen molar-refractivity contribution in [2.24, 2.45) is 5.92 Å². The van der Waals surface area contributed by atoms with Gasteiger partial charge >= 0.3 is 0 Å². The van der Waals surface area contributed by atoms with E-state index >= 15 is 0 Å². The minimum absolute atomic E-state index is 0.0356. The Bertz CT molecular complexity index is 733. The fraction of sp³-hybridized carbons (Fsp3) is 0.444. The van der Waals surface area contributed by atoms with E-state index in [2.05, 4.69) is 43.3 Å². The Labute approximate surface area is 161 Å². The third-order valence-corrected chi connectivity index (χ3v) is 5.89. The Morgan fingerprint density at radius 3 is 2.76 bits per heavy atom. The van der Waals surface area contributed by atoms with Gasteiger partial charge in [0.2, 0.25) is 0 Å². The van der Waals surface area contributed by atoms with Crippen molar-refractivity contribution in [3.05, 3.63) is 45.5 Å². The Hall–Kier alpha value is -1.37. The van der Waals surface area contributed by atoms with Crippen LogP contribution in [0.3, 0.4) is 0 Å². The van der Waals surface area contributed by atoms with Crippen LogP contribution in [0.5, 0.6) is 0 Å². The van der Waals surface area contributed by atoms with Crippen LogP contribution >= 0.6 is 27.5 Å². The molecule has 7 heteroatoms. The Morgan fingerprint density at radius 2 is 2.12 bits per heavy atom. The Kier molecular flexibility index (Phi) is 5.81. The minimum atomic E-state index is 0.0356. The van der Waals surface area contributed by atoms with Crippen LogP contribution in [-0.4, -0.2) is 41.7 Å². The van der Waals surface area contributed by atoms with Crippen LogP contribution in [0.15, 0.2) is 34.9 Å². The molecule has 1 aromatic carbocycles. The zero-order valence-electron chi connectivity index (χ0n) is 14.3. The number of hydrogen-bond donors (Lipinski definition) is 2. The van der Waals surface area contributed by atoms with E-state index in [9.17, 15) is 4.79 Å². The highest BCUT2D eigenvalue weighted by Crippen LogP contribution is 2.28. The van der Waals surface area contributed by atoms with Gasteiger partial charge in [-0.15, -0.1) is 0 Å². The van der Waals surface area contributed by atoms with Crippen molar-refractivity contribution in [1.29, 1.82) is 0 Å². The van der Waals surface area contributed by atoms with Gasteiger partial charge in [0, 0.05) is 35.6 Å². The number of carbonyl (C=O) groups excluding carboxylic acids is 1. The van der Waals surface area contributed by atoms with Gasteiger partial charge in [-0.3, -0.25) is 9.89 Å². The van der Waals surface area contributed by atoms with Crippen LogP contribution in [0.1, 0.15) is 30.1 Å². The second-order valence-electron chi connectivity index (χ2n) is 6.57. The molecule has 2 heterocycles. The quantitative estimate of drug-likeness (QED) is 0.713. The van der Waals surface area contributed by atoms with E-state index < -0.39 is 0 Å². The largest absolute Gasteiger partial charge is 0.355 e. The van der Waals surface area contributed by atoms with Crippen LogP contribution in [-0.2, 0) is 0 Å². The highest BCUT2D eigenvalue weighted by atomic mass is 79.9. The predicted octanol–water partition coefficient (Wildman–Crippen LogP) is 3.90. The molecule has 5 nitrogen and oxygen atoms in total. The standard InChI is InChI=1S/C18H22BrClN4O/c1-11(24(2)18-15(19)10-22-23-18)16-9-13(7-8-21-16)17(25)12-3-5-14(20)6-4-12/h3-6,10-11,13,16,21H,7-9H2,1-2H3,(H,22,23). The fourth-order valence-corrected chi connectivity index (χ4v) is 3.99. The molecular formula is C18H22BrClN4O. The normalized spacial score (nSPS) is 21.8. The van der Waals surface area contributed by atoms with Crippen molar-refractivity contribution in [1.82, 2.24) is 15.5 Å². The number of piperidine rings is 1. The van der Waals surface area contributed by atoms with Crippen LogP contribution < -0.4 is 10.2 Å². The van der Waals surface area contributed by atoms with Gasteiger partial charge in [0.1, 0.15) is 5.82 Å². The molecule has 0 radical (unpaired) electrons. The lowest BCUT2D eigenvalue weighted by atomic mass is 9.84. The fourth-order valence-electron chi connectivity index (χ4n) is 3.39.